The minimum absolute atomic E-state index is 0.285. The summed E-state index contributed by atoms with van der Waals surface area (Å²) in [4.78, 5) is 17.5. The Hall–Kier alpha value is -1.26. The smallest absolute Gasteiger partial charge is 0.315 e. The van der Waals surface area contributed by atoms with E-state index in [1.54, 1.807) is 20.8 Å². The third-order valence-electron chi connectivity index (χ3n) is 3.81. The summed E-state index contributed by atoms with van der Waals surface area (Å²) in [6, 6.07) is 5.60. The highest BCUT2D eigenvalue weighted by atomic mass is 35.5. The van der Waals surface area contributed by atoms with E-state index in [0.717, 1.165) is 16.8 Å². The van der Waals surface area contributed by atoms with Crippen LogP contribution in [0.5, 0.6) is 0 Å². The normalized spacial score (nSPS) is 17.9. The average Bonchev–Trinajstić information content (AvgIpc) is 2.98. The second-order valence-corrected chi connectivity index (χ2v) is 6.39. The summed E-state index contributed by atoms with van der Waals surface area (Å²) in [5.41, 5.74) is 1.75. The van der Waals surface area contributed by atoms with Crippen LogP contribution < -0.4 is 0 Å². The predicted molar refractivity (Wildman–Crippen MR) is 87.5 cm³/mol. The van der Waals surface area contributed by atoms with Crippen LogP contribution in [0.15, 0.2) is 23.4 Å². The van der Waals surface area contributed by atoms with E-state index < -0.39 is 5.41 Å². The summed E-state index contributed by atoms with van der Waals surface area (Å²) in [6.07, 6.45) is 0.176. The highest BCUT2D eigenvalue weighted by Gasteiger charge is 2.43. The minimum Gasteiger partial charge on any atom is -0.465 e. The maximum Gasteiger partial charge on any atom is 0.315 e. The van der Waals surface area contributed by atoms with Gasteiger partial charge >= 0.3 is 5.97 Å². The third-order valence-corrected chi connectivity index (χ3v) is 4.45. The third kappa shape index (κ3) is 3.39. The van der Waals surface area contributed by atoms with Crippen LogP contribution in [-0.2, 0) is 20.2 Å². The number of benzene rings is 1. The lowest BCUT2D eigenvalue weighted by molar-refractivity contribution is -0.161. The van der Waals surface area contributed by atoms with Crippen molar-refractivity contribution in [2.75, 3.05) is 6.61 Å². The van der Waals surface area contributed by atoms with Crippen molar-refractivity contribution in [3.8, 4) is 0 Å². The summed E-state index contributed by atoms with van der Waals surface area (Å²) in [6.45, 7) is 5.74. The van der Waals surface area contributed by atoms with Crippen LogP contribution in [0.4, 0.5) is 0 Å². The molecule has 0 spiro atoms. The molecule has 2 rings (SSSR count). The standard InChI is InChI=1S/C16H19Cl2NO3/c1-4-21-15(20)16(2,3)14-8-13(19-22-14)10-5-6-11(9-17)12(18)7-10/h5-7,14H,4,8-9H2,1-3H3. The van der Waals surface area contributed by atoms with Crippen LogP contribution in [0.1, 0.15) is 38.3 Å². The molecule has 0 aliphatic carbocycles. The van der Waals surface area contributed by atoms with Gasteiger partial charge in [0.15, 0.2) is 0 Å². The number of rotatable bonds is 5. The Morgan fingerprint density at radius 3 is 2.82 bits per heavy atom. The number of esters is 1. The molecule has 1 aliphatic rings. The van der Waals surface area contributed by atoms with Gasteiger partial charge in [-0.05, 0) is 32.4 Å². The number of ether oxygens (including phenoxy) is 1. The second kappa shape index (κ2) is 6.88. The first-order chi connectivity index (χ1) is 10.4. The highest BCUT2D eigenvalue weighted by molar-refractivity contribution is 6.32. The Kier molecular flexibility index (Phi) is 5.35. The highest BCUT2D eigenvalue weighted by Crippen LogP contribution is 2.33. The van der Waals surface area contributed by atoms with Gasteiger partial charge in [0.2, 0.25) is 0 Å². The van der Waals surface area contributed by atoms with Crippen molar-refractivity contribution in [3.05, 3.63) is 34.3 Å². The average molecular weight is 344 g/mol. The van der Waals surface area contributed by atoms with Gasteiger partial charge in [-0.15, -0.1) is 11.6 Å². The zero-order chi connectivity index (χ0) is 16.3. The monoisotopic (exact) mass is 343 g/mol. The van der Waals surface area contributed by atoms with E-state index in [4.69, 9.17) is 32.8 Å². The van der Waals surface area contributed by atoms with Crippen LogP contribution in [0.3, 0.4) is 0 Å². The van der Waals surface area contributed by atoms with Crippen LogP contribution in [-0.4, -0.2) is 24.4 Å². The van der Waals surface area contributed by atoms with Crippen molar-refractivity contribution >= 4 is 34.9 Å². The molecule has 0 amide bonds. The number of hydrogen-bond acceptors (Lipinski definition) is 4. The van der Waals surface area contributed by atoms with Crippen molar-refractivity contribution < 1.29 is 14.4 Å². The van der Waals surface area contributed by atoms with Crippen LogP contribution in [0, 0.1) is 5.41 Å². The summed E-state index contributed by atoms with van der Waals surface area (Å²) in [5, 5.41) is 4.71. The van der Waals surface area contributed by atoms with E-state index in [2.05, 4.69) is 5.16 Å². The number of nitrogens with zero attached hydrogens (tertiary/aromatic N) is 1. The molecule has 120 valence electrons. The molecule has 22 heavy (non-hydrogen) atoms. The lowest BCUT2D eigenvalue weighted by atomic mass is 9.83. The summed E-state index contributed by atoms with van der Waals surface area (Å²) < 4.78 is 5.10. The Morgan fingerprint density at radius 2 is 2.23 bits per heavy atom. The van der Waals surface area contributed by atoms with Gasteiger partial charge in [0.05, 0.1) is 12.3 Å². The Morgan fingerprint density at radius 1 is 1.50 bits per heavy atom. The van der Waals surface area contributed by atoms with E-state index in [9.17, 15) is 4.79 Å². The van der Waals surface area contributed by atoms with Crippen LogP contribution in [0.2, 0.25) is 5.02 Å². The van der Waals surface area contributed by atoms with E-state index in [-0.39, 0.29) is 12.1 Å². The first-order valence-electron chi connectivity index (χ1n) is 7.14. The van der Waals surface area contributed by atoms with E-state index in [1.807, 2.05) is 18.2 Å². The van der Waals surface area contributed by atoms with Gasteiger partial charge in [-0.2, -0.15) is 0 Å². The fourth-order valence-corrected chi connectivity index (χ4v) is 2.77. The zero-order valence-corrected chi connectivity index (χ0v) is 14.4. The van der Waals surface area contributed by atoms with Crippen molar-refractivity contribution in [3.63, 3.8) is 0 Å². The Balaban J connectivity index is 2.12. The topological polar surface area (TPSA) is 47.9 Å². The van der Waals surface area contributed by atoms with E-state index in [1.165, 1.54) is 0 Å². The quantitative estimate of drug-likeness (QED) is 0.595. The largest absolute Gasteiger partial charge is 0.465 e. The summed E-state index contributed by atoms with van der Waals surface area (Å²) in [5.74, 6) is 0.0765. The fraction of sp³-hybridized carbons (Fsp3) is 0.500. The van der Waals surface area contributed by atoms with Crippen LogP contribution in [0.25, 0.3) is 0 Å². The number of hydrogen-bond donors (Lipinski definition) is 0. The maximum absolute atomic E-state index is 12.0. The summed E-state index contributed by atoms with van der Waals surface area (Å²) >= 11 is 12.0. The SMILES string of the molecule is CCOC(=O)C(C)(C)C1CC(c2ccc(CCl)c(Cl)c2)=NO1. The lowest BCUT2D eigenvalue weighted by Gasteiger charge is -2.26. The molecule has 1 atom stereocenters. The van der Waals surface area contributed by atoms with Crippen molar-refractivity contribution in [2.45, 2.75) is 39.2 Å². The molecule has 0 radical (unpaired) electrons. The summed E-state index contributed by atoms with van der Waals surface area (Å²) in [7, 11) is 0. The number of oxime groups is 1. The Labute approximate surface area is 140 Å². The molecule has 0 aromatic heterocycles. The first-order valence-corrected chi connectivity index (χ1v) is 8.06. The molecule has 1 aromatic rings. The first kappa shape index (κ1) is 17.1. The van der Waals surface area contributed by atoms with Gasteiger partial charge in [0, 0.05) is 22.9 Å². The number of alkyl halides is 1. The van der Waals surface area contributed by atoms with Crippen molar-refractivity contribution in [1.29, 1.82) is 0 Å². The van der Waals surface area contributed by atoms with Gasteiger partial charge in [-0.1, -0.05) is 28.9 Å². The fourth-order valence-electron chi connectivity index (χ4n) is 2.22. The lowest BCUT2D eigenvalue weighted by Crippen LogP contribution is -2.38. The molecule has 1 aromatic carbocycles. The molecule has 0 bridgehead atoms. The van der Waals surface area contributed by atoms with Gasteiger partial charge in [0.25, 0.3) is 0 Å². The number of carbonyl (C=O) groups excluding carboxylic acids is 1. The zero-order valence-electron chi connectivity index (χ0n) is 12.9. The molecule has 0 fully saturated rings. The van der Waals surface area contributed by atoms with Gasteiger partial charge in [-0.3, -0.25) is 4.79 Å². The van der Waals surface area contributed by atoms with Crippen molar-refractivity contribution in [1.82, 2.24) is 0 Å². The molecular weight excluding hydrogens is 325 g/mol. The molecule has 0 saturated heterocycles. The molecule has 1 heterocycles. The van der Waals surface area contributed by atoms with Crippen molar-refractivity contribution in [2.24, 2.45) is 10.6 Å². The van der Waals surface area contributed by atoms with E-state index >= 15 is 0 Å². The molecule has 1 aliphatic heterocycles. The van der Waals surface area contributed by atoms with Crippen LogP contribution >= 0.6 is 23.2 Å². The molecule has 1 unspecified atom stereocenters. The molecule has 6 heteroatoms. The second-order valence-electron chi connectivity index (χ2n) is 5.72. The van der Waals surface area contributed by atoms with Gasteiger partial charge in [-0.25, -0.2) is 0 Å². The molecular formula is C16H19Cl2NO3. The molecule has 4 nitrogen and oxygen atoms in total. The number of halogens is 2. The molecule has 0 N–H and O–H groups in total. The minimum atomic E-state index is -0.763. The van der Waals surface area contributed by atoms with E-state index in [0.29, 0.717) is 23.9 Å². The Bertz CT molecular complexity index is 599. The van der Waals surface area contributed by atoms with Gasteiger partial charge < -0.3 is 9.57 Å². The predicted octanol–water partition coefficient (Wildman–Crippen LogP) is 4.16. The molecule has 0 saturated carbocycles. The maximum atomic E-state index is 12.0. The van der Waals surface area contributed by atoms with Gasteiger partial charge in [0.1, 0.15) is 11.5 Å². The number of carbonyl (C=O) groups is 1.